The highest BCUT2D eigenvalue weighted by molar-refractivity contribution is 14.1. The lowest BCUT2D eigenvalue weighted by atomic mass is 10.2. The molecule has 0 unspecified atom stereocenters. The summed E-state index contributed by atoms with van der Waals surface area (Å²) in [6, 6.07) is 4.15. The molecule has 0 N–H and O–H groups in total. The van der Waals surface area contributed by atoms with Crippen LogP contribution in [0.15, 0.2) is 31.7 Å². The van der Waals surface area contributed by atoms with Crippen molar-refractivity contribution < 1.29 is 0 Å². The topological polar surface area (TPSA) is 12.9 Å². The van der Waals surface area contributed by atoms with Gasteiger partial charge in [-0.25, -0.2) is 0 Å². The van der Waals surface area contributed by atoms with E-state index in [1.807, 2.05) is 0 Å². The highest BCUT2D eigenvalue weighted by atomic mass is 127. The van der Waals surface area contributed by atoms with Crippen molar-refractivity contribution in [2.45, 2.75) is 0 Å². The Kier molecular flexibility index (Phi) is 3.51. The van der Waals surface area contributed by atoms with Crippen molar-refractivity contribution in [1.82, 2.24) is 4.98 Å². The van der Waals surface area contributed by atoms with Gasteiger partial charge in [0.2, 0.25) is 0 Å². The van der Waals surface area contributed by atoms with Gasteiger partial charge in [-0.1, -0.05) is 0 Å². The molecule has 2 aromatic rings. The van der Waals surface area contributed by atoms with Gasteiger partial charge in [-0.3, -0.25) is 4.98 Å². The SMILES string of the molecule is Brc1cnc2c(Br)cc(I)cc2c1Br. The first-order valence-corrected chi connectivity index (χ1v) is 7.14. The molecule has 2 rings (SSSR count). The van der Waals surface area contributed by atoms with E-state index in [4.69, 9.17) is 0 Å². The van der Waals surface area contributed by atoms with Gasteiger partial charge in [0.25, 0.3) is 0 Å². The Morgan fingerprint density at radius 1 is 1.07 bits per heavy atom. The third-order valence-corrected chi connectivity index (χ3v) is 5.00. The predicted octanol–water partition coefficient (Wildman–Crippen LogP) is 5.13. The summed E-state index contributed by atoms with van der Waals surface area (Å²) in [4.78, 5) is 4.36. The summed E-state index contributed by atoms with van der Waals surface area (Å²) in [7, 11) is 0. The molecule has 0 saturated carbocycles. The second kappa shape index (κ2) is 4.35. The van der Waals surface area contributed by atoms with Crippen LogP contribution in [0.5, 0.6) is 0 Å². The van der Waals surface area contributed by atoms with Crippen molar-refractivity contribution in [3.05, 3.63) is 35.3 Å². The van der Waals surface area contributed by atoms with Crippen molar-refractivity contribution in [2.24, 2.45) is 0 Å². The van der Waals surface area contributed by atoms with Crippen LogP contribution in [0, 0.1) is 3.57 Å². The van der Waals surface area contributed by atoms with E-state index in [-0.39, 0.29) is 0 Å². The maximum Gasteiger partial charge on any atom is 0.0856 e. The number of hydrogen-bond acceptors (Lipinski definition) is 1. The van der Waals surface area contributed by atoms with E-state index in [2.05, 4.69) is 87.5 Å². The summed E-state index contributed by atoms with van der Waals surface area (Å²) in [5.41, 5.74) is 0.973. The number of nitrogens with zero attached hydrogens (tertiary/aromatic N) is 1. The normalized spacial score (nSPS) is 10.9. The van der Waals surface area contributed by atoms with Gasteiger partial charge in [0.15, 0.2) is 0 Å². The molecule has 1 aromatic heterocycles. The standard InChI is InChI=1S/C9H3Br3IN/c10-6-2-4(13)1-5-8(12)7(11)3-14-9(5)6/h1-3H. The molecule has 1 aromatic carbocycles. The minimum atomic E-state index is 0.971. The minimum Gasteiger partial charge on any atom is -0.254 e. The van der Waals surface area contributed by atoms with E-state index in [0.29, 0.717) is 0 Å². The second-order valence-electron chi connectivity index (χ2n) is 2.70. The summed E-state index contributed by atoms with van der Waals surface area (Å²) in [6.07, 6.45) is 1.80. The van der Waals surface area contributed by atoms with Crippen molar-refractivity contribution in [3.8, 4) is 0 Å². The van der Waals surface area contributed by atoms with E-state index < -0.39 is 0 Å². The molecule has 72 valence electrons. The largest absolute Gasteiger partial charge is 0.254 e. The first kappa shape index (κ1) is 11.3. The molecule has 0 aliphatic heterocycles. The molecule has 1 heterocycles. The Morgan fingerprint density at radius 2 is 1.79 bits per heavy atom. The number of halogens is 4. The smallest absolute Gasteiger partial charge is 0.0856 e. The average molecular weight is 492 g/mol. The molecular formula is C9H3Br3IN. The summed E-state index contributed by atoms with van der Waals surface area (Å²) in [6.45, 7) is 0. The first-order chi connectivity index (χ1) is 6.59. The zero-order valence-electron chi connectivity index (χ0n) is 6.69. The van der Waals surface area contributed by atoms with Crippen LogP contribution in [-0.4, -0.2) is 4.98 Å². The van der Waals surface area contributed by atoms with E-state index in [0.717, 1.165) is 24.3 Å². The highest BCUT2D eigenvalue weighted by Gasteiger charge is 2.07. The van der Waals surface area contributed by atoms with E-state index in [1.54, 1.807) is 6.20 Å². The Labute approximate surface area is 120 Å². The second-order valence-corrected chi connectivity index (χ2v) is 6.45. The van der Waals surface area contributed by atoms with Gasteiger partial charge in [0.1, 0.15) is 0 Å². The van der Waals surface area contributed by atoms with Gasteiger partial charge in [-0.05, 0) is 82.5 Å². The Hall–Kier alpha value is 0.800. The predicted molar refractivity (Wildman–Crippen MR) is 77.6 cm³/mol. The van der Waals surface area contributed by atoms with Crippen LogP contribution in [0.25, 0.3) is 10.9 Å². The Morgan fingerprint density at radius 3 is 2.50 bits per heavy atom. The molecule has 0 spiro atoms. The summed E-state index contributed by atoms with van der Waals surface area (Å²) < 4.78 is 4.22. The Bertz CT molecular complexity index is 513. The molecule has 14 heavy (non-hydrogen) atoms. The van der Waals surface area contributed by atoms with E-state index in [9.17, 15) is 0 Å². The van der Waals surface area contributed by atoms with Crippen molar-refractivity contribution >= 4 is 81.3 Å². The van der Waals surface area contributed by atoms with E-state index in [1.165, 1.54) is 3.57 Å². The van der Waals surface area contributed by atoms with Crippen LogP contribution < -0.4 is 0 Å². The summed E-state index contributed by atoms with van der Waals surface area (Å²) in [5.74, 6) is 0. The van der Waals surface area contributed by atoms with Gasteiger partial charge in [-0.15, -0.1) is 0 Å². The lowest BCUT2D eigenvalue weighted by Gasteiger charge is -2.04. The van der Waals surface area contributed by atoms with Crippen LogP contribution in [0.1, 0.15) is 0 Å². The fraction of sp³-hybridized carbons (Fsp3) is 0. The monoisotopic (exact) mass is 489 g/mol. The number of aromatic nitrogens is 1. The number of fused-ring (bicyclic) bond motifs is 1. The van der Waals surface area contributed by atoms with Crippen LogP contribution >= 0.6 is 70.4 Å². The van der Waals surface area contributed by atoms with Crippen LogP contribution in [-0.2, 0) is 0 Å². The molecule has 0 amide bonds. The number of pyridine rings is 1. The van der Waals surface area contributed by atoms with Crippen molar-refractivity contribution in [1.29, 1.82) is 0 Å². The zero-order valence-corrected chi connectivity index (χ0v) is 13.6. The fourth-order valence-corrected chi connectivity index (χ4v) is 3.50. The number of benzene rings is 1. The maximum atomic E-state index is 4.36. The molecule has 0 radical (unpaired) electrons. The summed E-state index contributed by atoms with van der Waals surface area (Å²) >= 11 is 12.8. The average Bonchev–Trinajstić information content (AvgIpc) is 2.12. The first-order valence-electron chi connectivity index (χ1n) is 3.68. The van der Waals surface area contributed by atoms with Gasteiger partial charge < -0.3 is 0 Å². The molecule has 0 aliphatic rings. The minimum absolute atomic E-state index is 0.971. The van der Waals surface area contributed by atoms with Gasteiger partial charge >= 0.3 is 0 Å². The van der Waals surface area contributed by atoms with Gasteiger partial charge in [0, 0.05) is 24.1 Å². The Balaban J connectivity index is 2.95. The maximum absolute atomic E-state index is 4.36. The van der Waals surface area contributed by atoms with Crippen molar-refractivity contribution in [2.75, 3.05) is 0 Å². The molecule has 0 saturated heterocycles. The number of rotatable bonds is 0. The molecular weight excluding hydrogens is 489 g/mol. The van der Waals surface area contributed by atoms with Gasteiger partial charge in [-0.2, -0.15) is 0 Å². The van der Waals surface area contributed by atoms with E-state index >= 15 is 0 Å². The highest BCUT2D eigenvalue weighted by Crippen LogP contribution is 2.34. The third kappa shape index (κ3) is 2.01. The van der Waals surface area contributed by atoms with Gasteiger partial charge in [0.05, 0.1) is 9.99 Å². The van der Waals surface area contributed by atoms with Crippen LogP contribution in [0.3, 0.4) is 0 Å². The molecule has 1 nitrogen and oxygen atoms in total. The third-order valence-electron chi connectivity index (χ3n) is 1.78. The molecule has 5 heteroatoms. The van der Waals surface area contributed by atoms with Crippen LogP contribution in [0.2, 0.25) is 0 Å². The zero-order chi connectivity index (χ0) is 10.3. The fourth-order valence-electron chi connectivity index (χ4n) is 1.17. The summed E-state index contributed by atoms with van der Waals surface area (Å²) in [5, 5.41) is 1.11. The van der Waals surface area contributed by atoms with Crippen molar-refractivity contribution in [3.63, 3.8) is 0 Å². The quantitative estimate of drug-likeness (QED) is 0.466. The van der Waals surface area contributed by atoms with Crippen LogP contribution in [0.4, 0.5) is 0 Å². The molecule has 0 atom stereocenters. The number of hydrogen-bond donors (Lipinski definition) is 0. The lowest BCUT2D eigenvalue weighted by Crippen LogP contribution is -1.84. The lowest BCUT2D eigenvalue weighted by molar-refractivity contribution is 1.36. The molecule has 0 aliphatic carbocycles. The molecule has 0 fully saturated rings. The molecule has 0 bridgehead atoms.